The molecule has 0 bridgehead atoms. The molecule has 2 aromatic carbocycles. The van der Waals surface area contributed by atoms with Gasteiger partial charge in [-0.05, 0) is 36.8 Å². The first kappa shape index (κ1) is 18.5. The zero-order valence-electron chi connectivity index (χ0n) is 13.6. The lowest BCUT2D eigenvalue weighted by molar-refractivity contribution is -0.119. The van der Waals surface area contributed by atoms with Crippen LogP contribution in [0.25, 0.3) is 0 Å². The van der Waals surface area contributed by atoms with Crippen molar-refractivity contribution in [2.75, 3.05) is 19.0 Å². The first-order valence-electron chi connectivity index (χ1n) is 7.18. The quantitative estimate of drug-likeness (QED) is 0.822. The zero-order valence-corrected chi connectivity index (χ0v) is 14.3. The molecule has 0 spiro atoms. The number of carbonyl (C=O) groups excluding carboxylic acids is 2. The Kier molecular flexibility index (Phi) is 5.82. The summed E-state index contributed by atoms with van der Waals surface area (Å²) in [6, 6.07) is 7.06. The molecule has 25 heavy (non-hydrogen) atoms. The molecule has 0 heterocycles. The molecule has 2 rings (SSSR count). The molecular formula is C17H16ClFN2O4. The summed E-state index contributed by atoms with van der Waals surface area (Å²) in [5.74, 6) is -1.59. The molecule has 0 aliphatic rings. The number of ether oxygens (including phenoxy) is 2. The Morgan fingerprint density at radius 2 is 2.00 bits per heavy atom. The smallest absolute Gasteiger partial charge is 0.255 e. The summed E-state index contributed by atoms with van der Waals surface area (Å²) in [4.78, 5) is 23.2. The van der Waals surface area contributed by atoms with E-state index in [2.05, 4.69) is 5.32 Å². The van der Waals surface area contributed by atoms with Crippen molar-refractivity contribution in [2.24, 2.45) is 5.73 Å². The molecule has 132 valence electrons. The number of hydrogen-bond acceptors (Lipinski definition) is 4. The minimum Gasteiger partial charge on any atom is -0.493 e. The van der Waals surface area contributed by atoms with Gasteiger partial charge in [0.25, 0.3) is 11.8 Å². The normalized spacial score (nSPS) is 10.2. The molecule has 0 atom stereocenters. The largest absolute Gasteiger partial charge is 0.493 e. The summed E-state index contributed by atoms with van der Waals surface area (Å²) in [6.45, 7) is 1.38. The van der Waals surface area contributed by atoms with E-state index in [1.165, 1.54) is 31.4 Å². The zero-order chi connectivity index (χ0) is 18.6. The van der Waals surface area contributed by atoms with Crippen molar-refractivity contribution in [1.82, 2.24) is 0 Å². The van der Waals surface area contributed by atoms with Gasteiger partial charge in [-0.2, -0.15) is 0 Å². The molecule has 2 amide bonds. The van der Waals surface area contributed by atoms with Crippen LogP contribution >= 0.6 is 11.6 Å². The number of hydrogen-bond donors (Lipinski definition) is 2. The van der Waals surface area contributed by atoms with Crippen LogP contribution in [-0.2, 0) is 4.79 Å². The average Bonchev–Trinajstić information content (AvgIpc) is 2.56. The number of benzene rings is 2. The fraction of sp³-hybridized carbons (Fsp3) is 0.176. The number of primary amides is 1. The molecule has 0 radical (unpaired) electrons. The van der Waals surface area contributed by atoms with E-state index < -0.39 is 24.2 Å². The fourth-order valence-corrected chi connectivity index (χ4v) is 2.33. The molecule has 0 aliphatic carbocycles. The predicted octanol–water partition coefficient (Wildman–Crippen LogP) is 2.91. The van der Waals surface area contributed by atoms with Gasteiger partial charge in [0, 0.05) is 5.56 Å². The van der Waals surface area contributed by atoms with Crippen molar-refractivity contribution in [1.29, 1.82) is 0 Å². The molecule has 0 fully saturated rings. The lowest BCUT2D eigenvalue weighted by Gasteiger charge is -2.13. The van der Waals surface area contributed by atoms with Crippen LogP contribution in [-0.4, -0.2) is 25.5 Å². The number of aryl methyl sites for hydroxylation is 1. The summed E-state index contributed by atoms with van der Waals surface area (Å²) < 4.78 is 24.1. The Bertz CT molecular complexity index is 827. The van der Waals surface area contributed by atoms with Crippen LogP contribution < -0.4 is 20.5 Å². The number of nitrogens with two attached hydrogens (primary N) is 1. The Hall–Kier alpha value is -2.80. The summed E-state index contributed by atoms with van der Waals surface area (Å²) in [5.41, 5.74) is 6.00. The molecule has 0 aromatic heterocycles. The number of amides is 2. The van der Waals surface area contributed by atoms with E-state index in [-0.39, 0.29) is 27.8 Å². The van der Waals surface area contributed by atoms with Gasteiger partial charge >= 0.3 is 0 Å². The highest BCUT2D eigenvalue weighted by Gasteiger charge is 2.17. The van der Waals surface area contributed by atoms with Crippen molar-refractivity contribution in [3.8, 4) is 11.5 Å². The number of halogens is 2. The first-order valence-corrected chi connectivity index (χ1v) is 7.55. The molecule has 0 aliphatic heterocycles. The van der Waals surface area contributed by atoms with E-state index in [0.29, 0.717) is 0 Å². The van der Waals surface area contributed by atoms with Gasteiger partial charge in [-0.3, -0.25) is 9.59 Å². The first-order chi connectivity index (χ1) is 11.8. The predicted molar refractivity (Wildman–Crippen MR) is 91.8 cm³/mol. The van der Waals surface area contributed by atoms with E-state index in [1.54, 1.807) is 13.0 Å². The summed E-state index contributed by atoms with van der Waals surface area (Å²) in [7, 11) is 1.35. The maximum atomic E-state index is 13.8. The van der Waals surface area contributed by atoms with Gasteiger partial charge < -0.3 is 20.5 Å². The summed E-state index contributed by atoms with van der Waals surface area (Å²) in [5, 5.41) is 2.52. The van der Waals surface area contributed by atoms with Crippen LogP contribution in [0.15, 0.2) is 30.3 Å². The Labute approximate surface area is 148 Å². The second-order valence-electron chi connectivity index (χ2n) is 5.18. The summed E-state index contributed by atoms with van der Waals surface area (Å²) >= 11 is 6.09. The van der Waals surface area contributed by atoms with Gasteiger partial charge in [0.15, 0.2) is 18.1 Å². The monoisotopic (exact) mass is 366 g/mol. The van der Waals surface area contributed by atoms with E-state index >= 15 is 0 Å². The van der Waals surface area contributed by atoms with Gasteiger partial charge in [0.2, 0.25) is 0 Å². The van der Waals surface area contributed by atoms with Crippen molar-refractivity contribution >= 4 is 29.1 Å². The Morgan fingerprint density at radius 3 is 2.64 bits per heavy atom. The average molecular weight is 367 g/mol. The van der Waals surface area contributed by atoms with Gasteiger partial charge in [0.1, 0.15) is 5.82 Å². The standard InChI is InChI=1S/C17H16ClFN2O4/c1-9-3-4-12(19)13(5-9)21-17(23)10-6-11(18)16(14(7-10)24-2)25-8-15(20)22/h3-7H,8H2,1-2H3,(H2,20,22)(H,21,23). The highest BCUT2D eigenvalue weighted by molar-refractivity contribution is 6.32. The van der Waals surface area contributed by atoms with E-state index in [4.69, 9.17) is 26.8 Å². The maximum absolute atomic E-state index is 13.8. The van der Waals surface area contributed by atoms with Crippen LogP contribution in [0.3, 0.4) is 0 Å². The van der Waals surface area contributed by atoms with E-state index in [9.17, 15) is 14.0 Å². The van der Waals surface area contributed by atoms with Crippen molar-refractivity contribution in [2.45, 2.75) is 6.92 Å². The molecule has 0 saturated carbocycles. The van der Waals surface area contributed by atoms with Crippen molar-refractivity contribution in [3.05, 3.63) is 52.3 Å². The number of nitrogens with one attached hydrogen (secondary N) is 1. The van der Waals surface area contributed by atoms with E-state index in [0.717, 1.165) is 5.56 Å². The van der Waals surface area contributed by atoms with Crippen molar-refractivity contribution < 1.29 is 23.5 Å². The fourth-order valence-electron chi connectivity index (χ4n) is 2.06. The lowest BCUT2D eigenvalue weighted by atomic mass is 10.1. The Balaban J connectivity index is 2.29. The number of carbonyl (C=O) groups is 2. The highest BCUT2D eigenvalue weighted by atomic mass is 35.5. The second-order valence-corrected chi connectivity index (χ2v) is 5.59. The summed E-state index contributed by atoms with van der Waals surface area (Å²) in [6.07, 6.45) is 0. The maximum Gasteiger partial charge on any atom is 0.255 e. The van der Waals surface area contributed by atoms with Crippen LogP contribution in [0.4, 0.5) is 10.1 Å². The molecule has 0 saturated heterocycles. The third-order valence-electron chi connectivity index (χ3n) is 3.22. The van der Waals surface area contributed by atoms with Gasteiger partial charge in [-0.25, -0.2) is 4.39 Å². The minimum absolute atomic E-state index is 0.0501. The molecule has 3 N–H and O–H groups in total. The van der Waals surface area contributed by atoms with Gasteiger partial charge in [0.05, 0.1) is 17.8 Å². The van der Waals surface area contributed by atoms with Crippen LogP contribution in [0.2, 0.25) is 5.02 Å². The number of methoxy groups -OCH3 is 1. The molecular weight excluding hydrogens is 351 g/mol. The van der Waals surface area contributed by atoms with Crippen LogP contribution in [0, 0.1) is 12.7 Å². The second kappa shape index (κ2) is 7.85. The topological polar surface area (TPSA) is 90.7 Å². The molecule has 2 aromatic rings. The van der Waals surface area contributed by atoms with Crippen molar-refractivity contribution in [3.63, 3.8) is 0 Å². The number of rotatable bonds is 6. The molecule has 8 heteroatoms. The third-order valence-corrected chi connectivity index (χ3v) is 3.50. The molecule has 6 nitrogen and oxygen atoms in total. The SMILES string of the molecule is COc1cc(C(=O)Nc2cc(C)ccc2F)cc(Cl)c1OCC(N)=O. The lowest BCUT2D eigenvalue weighted by Crippen LogP contribution is -2.20. The van der Waals surface area contributed by atoms with Gasteiger partial charge in [-0.15, -0.1) is 0 Å². The highest BCUT2D eigenvalue weighted by Crippen LogP contribution is 2.36. The van der Waals surface area contributed by atoms with Crippen LogP contribution in [0.5, 0.6) is 11.5 Å². The Morgan fingerprint density at radius 1 is 1.28 bits per heavy atom. The van der Waals surface area contributed by atoms with Gasteiger partial charge in [-0.1, -0.05) is 17.7 Å². The minimum atomic E-state index is -0.685. The third kappa shape index (κ3) is 4.60. The molecule has 0 unspecified atom stereocenters. The van der Waals surface area contributed by atoms with Crippen LogP contribution in [0.1, 0.15) is 15.9 Å². The van der Waals surface area contributed by atoms with E-state index in [1.807, 2.05) is 0 Å². The number of anilines is 1.